The van der Waals surface area contributed by atoms with E-state index in [0.717, 1.165) is 23.6 Å². The van der Waals surface area contributed by atoms with Gasteiger partial charge in [-0.15, -0.1) is 0 Å². The summed E-state index contributed by atoms with van der Waals surface area (Å²) < 4.78 is 0. The summed E-state index contributed by atoms with van der Waals surface area (Å²) in [4.78, 5) is 26.8. The molecule has 22 heavy (non-hydrogen) atoms. The number of benzene rings is 2. The SMILES string of the molecule is CCCCN1C(=O)c2cccc3c(C(C)C)ccc(c23)C1=O. The Hall–Kier alpha value is -2.16. The molecule has 114 valence electrons. The summed E-state index contributed by atoms with van der Waals surface area (Å²) in [7, 11) is 0. The highest BCUT2D eigenvalue weighted by Gasteiger charge is 2.32. The predicted molar refractivity (Wildman–Crippen MR) is 88.3 cm³/mol. The van der Waals surface area contributed by atoms with Crippen LogP contribution in [0.4, 0.5) is 0 Å². The van der Waals surface area contributed by atoms with Gasteiger partial charge in [-0.3, -0.25) is 14.5 Å². The molecule has 1 aliphatic rings. The maximum absolute atomic E-state index is 12.7. The summed E-state index contributed by atoms with van der Waals surface area (Å²) >= 11 is 0. The number of hydrogen-bond acceptors (Lipinski definition) is 2. The Morgan fingerprint density at radius 3 is 2.32 bits per heavy atom. The Morgan fingerprint density at radius 1 is 1.00 bits per heavy atom. The second-order valence-corrected chi connectivity index (χ2v) is 6.20. The van der Waals surface area contributed by atoms with E-state index in [1.54, 1.807) is 0 Å². The van der Waals surface area contributed by atoms with Gasteiger partial charge < -0.3 is 0 Å². The maximum Gasteiger partial charge on any atom is 0.261 e. The molecule has 0 radical (unpaired) electrons. The van der Waals surface area contributed by atoms with Crippen LogP contribution in [0, 0.1) is 0 Å². The molecule has 0 unspecified atom stereocenters. The van der Waals surface area contributed by atoms with Crippen LogP contribution in [0.1, 0.15) is 65.8 Å². The van der Waals surface area contributed by atoms with Crippen LogP contribution >= 0.6 is 0 Å². The molecule has 0 aromatic heterocycles. The van der Waals surface area contributed by atoms with Crippen LogP contribution < -0.4 is 0 Å². The molecule has 0 N–H and O–H groups in total. The van der Waals surface area contributed by atoms with Crippen LogP contribution in [0.3, 0.4) is 0 Å². The smallest absolute Gasteiger partial charge is 0.261 e. The van der Waals surface area contributed by atoms with E-state index < -0.39 is 0 Å². The van der Waals surface area contributed by atoms with E-state index in [9.17, 15) is 9.59 Å². The van der Waals surface area contributed by atoms with Crippen LogP contribution in [0.5, 0.6) is 0 Å². The van der Waals surface area contributed by atoms with Crippen molar-refractivity contribution < 1.29 is 9.59 Å². The van der Waals surface area contributed by atoms with Crippen molar-refractivity contribution in [2.24, 2.45) is 0 Å². The van der Waals surface area contributed by atoms with Crippen molar-refractivity contribution in [1.29, 1.82) is 0 Å². The van der Waals surface area contributed by atoms with Crippen LogP contribution in [-0.2, 0) is 0 Å². The van der Waals surface area contributed by atoms with Crippen molar-refractivity contribution in [2.45, 2.75) is 39.5 Å². The summed E-state index contributed by atoms with van der Waals surface area (Å²) in [5.74, 6) is 0.0440. The van der Waals surface area contributed by atoms with Gasteiger partial charge in [0.25, 0.3) is 11.8 Å². The van der Waals surface area contributed by atoms with Crippen molar-refractivity contribution in [2.75, 3.05) is 6.54 Å². The number of amides is 2. The van der Waals surface area contributed by atoms with Crippen LogP contribution in [0.2, 0.25) is 0 Å². The highest BCUT2D eigenvalue weighted by atomic mass is 16.2. The zero-order valence-corrected chi connectivity index (χ0v) is 13.3. The van der Waals surface area contributed by atoms with Gasteiger partial charge in [0.2, 0.25) is 0 Å². The van der Waals surface area contributed by atoms with Crippen molar-refractivity contribution in [3.63, 3.8) is 0 Å². The second-order valence-electron chi connectivity index (χ2n) is 6.20. The van der Waals surface area contributed by atoms with Gasteiger partial charge >= 0.3 is 0 Å². The van der Waals surface area contributed by atoms with Gasteiger partial charge in [0.05, 0.1) is 0 Å². The fraction of sp³-hybridized carbons (Fsp3) is 0.368. The van der Waals surface area contributed by atoms with E-state index in [0.29, 0.717) is 23.6 Å². The minimum Gasteiger partial charge on any atom is -0.274 e. The highest BCUT2D eigenvalue weighted by Crippen LogP contribution is 2.34. The average Bonchev–Trinajstić information content (AvgIpc) is 2.51. The molecule has 3 heteroatoms. The molecule has 0 aliphatic carbocycles. The Kier molecular flexibility index (Phi) is 3.73. The lowest BCUT2D eigenvalue weighted by atomic mass is 9.88. The molecule has 3 rings (SSSR count). The number of nitrogens with zero attached hydrogens (tertiary/aromatic N) is 1. The number of imide groups is 1. The Balaban J connectivity index is 2.23. The number of hydrogen-bond donors (Lipinski definition) is 0. The fourth-order valence-corrected chi connectivity index (χ4v) is 3.19. The normalized spacial score (nSPS) is 14.3. The molecule has 0 fully saturated rings. The number of rotatable bonds is 4. The maximum atomic E-state index is 12.7. The molecule has 0 saturated carbocycles. The van der Waals surface area contributed by atoms with Gasteiger partial charge in [-0.1, -0.05) is 45.4 Å². The summed E-state index contributed by atoms with van der Waals surface area (Å²) in [6.07, 6.45) is 1.80. The summed E-state index contributed by atoms with van der Waals surface area (Å²) in [5, 5.41) is 1.86. The minimum absolute atomic E-state index is 0.155. The third kappa shape index (κ3) is 2.12. The molecule has 0 saturated heterocycles. The molecule has 1 aliphatic heterocycles. The first kappa shape index (κ1) is 14.8. The van der Waals surface area contributed by atoms with E-state index >= 15 is 0 Å². The van der Waals surface area contributed by atoms with Crippen molar-refractivity contribution in [3.05, 3.63) is 47.0 Å². The summed E-state index contributed by atoms with van der Waals surface area (Å²) in [6, 6.07) is 9.68. The van der Waals surface area contributed by atoms with E-state index in [-0.39, 0.29) is 11.8 Å². The zero-order chi connectivity index (χ0) is 15.9. The van der Waals surface area contributed by atoms with Gasteiger partial charge in [0.15, 0.2) is 0 Å². The van der Waals surface area contributed by atoms with Crippen molar-refractivity contribution in [1.82, 2.24) is 4.90 Å². The van der Waals surface area contributed by atoms with Gasteiger partial charge in [-0.25, -0.2) is 0 Å². The second kappa shape index (κ2) is 5.56. The highest BCUT2D eigenvalue weighted by molar-refractivity contribution is 6.25. The van der Waals surface area contributed by atoms with Crippen LogP contribution in [0.15, 0.2) is 30.3 Å². The molecule has 0 bridgehead atoms. The molecule has 3 nitrogen and oxygen atoms in total. The largest absolute Gasteiger partial charge is 0.274 e. The lowest BCUT2D eigenvalue weighted by Crippen LogP contribution is -2.40. The van der Waals surface area contributed by atoms with Crippen LogP contribution in [0.25, 0.3) is 10.8 Å². The average molecular weight is 295 g/mol. The standard InChI is InChI=1S/C19H21NO2/c1-4-5-11-20-18(21)15-8-6-7-14-13(12(2)3)9-10-16(17(14)15)19(20)22/h6-10,12H,4-5,11H2,1-3H3. The molecule has 0 spiro atoms. The van der Waals surface area contributed by atoms with Gasteiger partial charge in [-0.05, 0) is 35.4 Å². The van der Waals surface area contributed by atoms with Crippen LogP contribution in [-0.4, -0.2) is 23.3 Å². The Bertz CT molecular complexity index is 739. The summed E-state index contributed by atoms with van der Waals surface area (Å²) in [5.41, 5.74) is 2.50. The molecular formula is C19H21NO2. The quantitative estimate of drug-likeness (QED) is 0.786. The topological polar surface area (TPSA) is 37.4 Å². The lowest BCUT2D eigenvalue weighted by Gasteiger charge is -2.28. The molecule has 2 aromatic rings. The monoisotopic (exact) mass is 295 g/mol. The van der Waals surface area contributed by atoms with E-state index in [4.69, 9.17) is 0 Å². The van der Waals surface area contributed by atoms with Crippen molar-refractivity contribution >= 4 is 22.6 Å². The molecular weight excluding hydrogens is 274 g/mol. The Morgan fingerprint density at radius 2 is 1.68 bits per heavy atom. The third-order valence-corrected chi connectivity index (χ3v) is 4.38. The molecule has 1 heterocycles. The number of carbonyl (C=O) groups excluding carboxylic acids is 2. The molecule has 2 amide bonds. The third-order valence-electron chi connectivity index (χ3n) is 4.38. The van der Waals surface area contributed by atoms with E-state index in [1.165, 1.54) is 10.5 Å². The zero-order valence-electron chi connectivity index (χ0n) is 13.3. The first-order valence-electron chi connectivity index (χ1n) is 7.98. The van der Waals surface area contributed by atoms with Gasteiger partial charge in [0, 0.05) is 23.1 Å². The summed E-state index contributed by atoms with van der Waals surface area (Å²) in [6.45, 7) is 6.81. The predicted octanol–water partition coefficient (Wildman–Crippen LogP) is 4.36. The first-order chi connectivity index (χ1) is 10.6. The van der Waals surface area contributed by atoms with E-state index in [1.807, 2.05) is 30.3 Å². The molecule has 0 atom stereocenters. The molecule has 2 aromatic carbocycles. The first-order valence-corrected chi connectivity index (χ1v) is 7.98. The van der Waals surface area contributed by atoms with E-state index in [2.05, 4.69) is 20.8 Å². The van der Waals surface area contributed by atoms with Gasteiger partial charge in [0.1, 0.15) is 0 Å². The minimum atomic E-state index is -0.155. The van der Waals surface area contributed by atoms with Crippen molar-refractivity contribution in [3.8, 4) is 0 Å². The number of unbranched alkanes of at least 4 members (excludes halogenated alkanes) is 1. The van der Waals surface area contributed by atoms with Gasteiger partial charge in [-0.2, -0.15) is 0 Å². The Labute approximate surface area is 130 Å². The fourth-order valence-electron chi connectivity index (χ4n) is 3.19. The number of carbonyl (C=O) groups is 2. The lowest BCUT2D eigenvalue weighted by molar-refractivity contribution is 0.0608.